The fourth-order valence-corrected chi connectivity index (χ4v) is 2.90. The van der Waals surface area contributed by atoms with E-state index in [1.165, 1.54) is 12.8 Å². The average Bonchev–Trinajstić information content (AvgIpc) is 3.07. The number of aromatic nitrogens is 2. The molecule has 5 nitrogen and oxygen atoms in total. The van der Waals surface area contributed by atoms with E-state index < -0.39 is 11.9 Å². The predicted octanol–water partition coefficient (Wildman–Crippen LogP) is 1.49. The van der Waals surface area contributed by atoms with E-state index in [-0.39, 0.29) is 0 Å². The number of aliphatic carboxylic acids is 1. The minimum Gasteiger partial charge on any atom is -0.481 e. The molecule has 2 heterocycles. The minimum atomic E-state index is -0.727. The van der Waals surface area contributed by atoms with Crippen LogP contribution in [0.5, 0.6) is 0 Å². The molecule has 1 aliphatic carbocycles. The maximum atomic E-state index is 11.4. The summed E-state index contributed by atoms with van der Waals surface area (Å²) >= 11 is 0. The molecule has 17 heavy (non-hydrogen) atoms. The Balaban J connectivity index is 2.03. The summed E-state index contributed by atoms with van der Waals surface area (Å²) in [7, 11) is 1.87. The number of nitrogens with zero attached hydrogens (tertiary/aromatic N) is 2. The first kappa shape index (κ1) is 10.6. The number of rotatable bonds is 2. The molecule has 1 saturated carbocycles. The van der Waals surface area contributed by atoms with Crippen LogP contribution in [-0.2, 0) is 11.8 Å². The Labute approximate surface area is 99.8 Å². The normalized spacial score (nSPS) is 27.4. The van der Waals surface area contributed by atoms with Gasteiger partial charge < -0.3 is 10.4 Å². The zero-order valence-corrected chi connectivity index (χ0v) is 10.1. The zero-order valence-electron chi connectivity index (χ0n) is 10.1. The first-order valence-corrected chi connectivity index (χ1v) is 6.10. The van der Waals surface area contributed by atoms with E-state index in [1.807, 2.05) is 14.0 Å². The lowest BCUT2D eigenvalue weighted by atomic mass is 9.86. The molecule has 2 atom stereocenters. The van der Waals surface area contributed by atoms with Gasteiger partial charge in [0, 0.05) is 18.7 Å². The Morgan fingerprint density at radius 1 is 1.53 bits per heavy atom. The van der Waals surface area contributed by atoms with Gasteiger partial charge in [-0.2, -0.15) is 5.10 Å². The highest BCUT2D eigenvalue weighted by Crippen LogP contribution is 2.44. The summed E-state index contributed by atoms with van der Waals surface area (Å²) < 4.78 is 1.77. The maximum Gasteiger partial charge on any atom is 0.311 e. The Hall–Kier alpha value is -1.52. The van der Waals surface area contributed by atoms with Crippen molar-refractivity contribution in [3.8, 4) is 0 Å². The minimum absolute atomic E-state index is 0.304. The van der Waals surface area contributed by atoms with Crippen LogP contribution in [0.2, 0.25) is 0 Å². The van der Waals surface area contributed by atoms with Crippen LogP contribution in [0.3, 0.4) is 0 Å². The van der Waals surface area contributed by atoms with Crippen molar-refractivity contribution in [1.29, 1.82) is 0 Å². The largest absolute Gasteiger partial charge is 0.481 e. The van der Waals surface area contributed by atoms with Crippen LogP contribution >= 0.6 is 0 Å². The molecule has 2 N–H and O–H groups in total. The maximum absolute atomic E-state index is 11.4. The third-order valence-corrected chi connectivity index (χ3v) is 3.92. The van der Waals surface area contributed by atoms with Gasteiger partial charge in [0.1, 0.15) is 5.82 Å². The number of hydrogen-bond donors (Lipinski definition) is 2. The van der Waals surface area contributed by atoms with Crippen molar-refractivity contribution in [3.05, 3.63) is 11.3 Å². The standard InChI is InChI=1S/C12H17N3O2/c1-6-10-8(12(16)17)5-9(7-3-4-7)13-11(10)15(2)14-6/h7-9,13H,3-5H2,1-2H3,(H,16,17)/t8-,9-/m1/s1. The van der Waals surface area contributed by atoms with Gasteiger partial charge in [-0.15, -0.1) is 0 Å². The molecule has 1 aliphatic heterocycles. The molecule has 0 unspecified atom stereocenters. The molecule has 0 aromatic carbocycles. The number of nitrogens with one attached hydrogen (secondary N) is 1. The molecule has 92 valence electrons. The second-order valence-electron chi connectivity index (χ2n) is 5.19. The fourth-order valence-electron chi connectivity index (χ4n) is 2.90. The molecule has 0 spiro atoms. The SMILES string of the molecule is Cc1nn(C)c2c1[C@H](C(=O)O)C[C@H](C1CC1)N2. The highest BCUT2D eigenvalue weighted by molar-refractivity contribution is 5.80. The van der Waals surface area contributed by atoms with Gasteiger partial charge in [0.2, 0.25) is 0 Å². The van der Waals surface area contributed by atoms with E-state index in [4.69, 9.17) is 0 Å². The lowest BCUT2D eigenvalue weighted by Gasteiger charge is -2.29. The Kier molecular flexibility index (Phi) is 2.18. The van der Waals surface area contributed by atoms with Gasteiger partial charge >= 0.3 is 5.97 Å². The molecular weight excluding hydrogens is 218 g/mol. The number of anilines is 1. The van der Waals surface area contributed by atoms with Gasteiger partial charge in [-0.25, -0.2) is 0 Å². The van der Waals surface area contributed by atoms with Crippen molar-refractivity contribution in [3.63, 3.8) is 0 Å². The number of carbonyl (C=O) groups is 1. The average molecular weight is 235 g/mol. The lowest BCUT2D eigenvalue weighted by Crippen LogP contribution is -2.33. The van der Waals surface area contributed by atoms with E-state index in [2.05, 4.69) is 10.4 Å². The summed E-state index contributed by atoms with van der Waals surface area (Å²) in [4.78, 5) is 11.4. The summed E-state index contributed by atoms with van der Waals surface area (Å²) in [6, 6.07) is 0.304. The highest BCUT2D eigenvalue weighted by Gasteiger charge is 2.41. The summed E-state index contributed by atoms with van der Waals surface area (Å²) in [6.45, 7) is 1.88. The molecule has 0 bridgehead atoms. The van der Waals surface area contributed by atoms with E-state index in [0.29, 0.717) is 18.4 Å². The molecule has 1 fully saturated rings. The van der Waals surface area contributed by atoms with Crippen LogP contribution < -0.4 is 5.32 Å². The first-order valence-electron chi connectivity index (χ1n) is 6.10. The van der Waals surface area contributed by atoms with E-state index in [9.17, 15) is 9.90 Å². The number of carboxylic acid groups (broad SMARTS) is 1. The predicted molar refractivity (Wildman–Crippen MR) is 63.1 cm³/mol. The number of hydrogen-bond acceptors (Lipinski definition) is 3. The van der Waals surface area contributed by atoms with Crippen molar-refractivity contribution in [2.45, 2.75) is 38.1 Å². The third-order valence-electron chi connectivity index (χ3n) is 3.92. The zero-order chi connectivity index (χ0) is 12.2. The highest BCUT2D eigenvalue weighted by atomic mass is 16.4. The molecule has 5 heteroatoms. The summed E-state index contributed by atoms with van der Waals surface area (Å²) in [5, 5.41) is 17.2. The third kappa shape index (κ3) is 1.61. The molecule has 0 amide bonds. The number of carboxylic acids is 1. The van der Waals surface area contributed by atoms with Gasteiger partial charge in [-0.3, -0.25) is 9.48 Å². The summed E-state index contributed by atoms with van der Waals surface area (Å²) in [5.41, 5.74) is 1.70. The molecule has 0 radical (unpaired) electrons. The smallest absolute Gasteiger partial charge is 0.311 e. The molecule has 2 aliphatic rings. The van der Waals surface area contributed by atoms with Gasteiger partial charge in [0.05, 0.1) is 11.6 Å². The summed E-state index contributed by atoms with van der Waals surface area (Å²) in [5.74, 6) is 0.429. The van der Waals surface area contributed by atoms with Gasteiger partial charge in [0.25, 0.3) is 0 Å². The van der Waals surface area contributed by atoms with Crippen LogP contribution in [0.25, 0.3) is 0 Å². The quantitative estimate of drug-likeness (QED) is 0.815. The van der Waals surface area contributed by atoms with Crippen LogP contribution in [-0.4, -0.2) is 26.9 Å². The van der Waals surface area contributed by atoms with E-state index in [1.54, 1.807) is 4.68 Å². The second-order valence-corrected chi connectivity index (χ2v) is 5.19. The second kappa shape index (κ2) is 3.48. The van der Waals surface area contributed by atoms with Crippen LogP contribution in [0.1, 0.15) is 36.4 Å². The fraction of sp³-hybridized carbons (Fsp3) is 0.667. The monoisotopic (exact) mass is 235 g/mol. The topological polar surface area (TPSA) is 67.2 Å². The first-order chi connectivity index (χ1) is 8.08. The molecule has 3 rings (SSSR count). The van der Waals surface area contributed by atoms with Crippen LogP contribution in [0.15, 0.2) is 0 Å². The Morgan fingerprint density at radius 2 is 2.24 bits per heavy atom. The van der Waals surface area contributed by atoms with Crippen molar-refractivity contribution in [2.75, 3.05) is 5.32 Å². The van der Waals surface area contributed by atoms with Crippen molar-refractivity contribution in [1.82, 2.24) is 9.78 Å². The molecule has 0 saturated heterocycles. The Morgan fingerprint density at radius 3 is 2.82 bits per heavy atom. The Bertz CT molecular complexity index is 476. The van der Waals surface area contributed by atoms with Gasteiger partial charge in [0.15, 0.2) is 0 Å². The molecular formula is C12H17N3O2. The van der Waals surface area contributed by atoms with E-state index in [0.717, 1.165) is 17.1 Å². The molecule has 1 aromatic rings. The van der Waals surface area contributed by atoms with Gasteiger partial charge in [-0.05, 0) is 32.1 Å². The number of aryl methyl sites for hydroxylation is 2. The summed E-state index contributed by atoms with van der Waals surface area (Å²) in [6.07, 6.45) is 3.13. The molecule has 1 aromatic heterocycles. The van der Waals surface area contributed by atoms with Crippen LogP contribution in [0.4, 0.5) is 5.82 Å². The number of fused-ring (bicyclic) bond motifs is 1. The lowest BCUT2D eigenvalue weighted by molar-refractivity contribution is -0.139. The van der Waals surface area contributed by atoms with Crippen molar-refractivity contribution >= 4 is 11.8 Å². The van der Waals surface area contributed by atoms with Gasteiger partial charge in [-0.1, -0.05) is 0 Å². The van der Waals surface area contributed by atoms with Crippen molar-refractivity contribution < 1.29 is 9.90 Å². The van der Waals surface area contributed by atoms with E-state index >= 15 is 0 Å². The van der Waals surface area contributed by atoms with Crippen molar-refractivity contribution in [2.24, 2.45) is 13.0 Å². The van der Waals surface area contributed by atoms with Crippen LogP contribution in [0, 0.1) is 12.8 Å².